The molecule has 0 amide bonds. The van der Waals surface area contributed by atoms with Gasteiger partial charge in [-0.1, -0.05) is 18.2 Å². The summed E-state index contributed by atoms with van der Waals surface area (Å²) in [5.41, 5.74) is 3.37. The van der Waals surface area contributed by atoms with Gasteiger partial charge in [0.15, 0.2) is 0 Å². The Morgan fingerprint density at radius 2 is 1.81 bits per heavy atom. The van der Waals surface area contributed by atoms with Gasteiger partial charge in [-0.15, -0.1) is 0 Å². The molecule has 1 aliphatic heterocycles. The van der Waals surface area contributed by atoms with Crippen molar-refractivity contribution >= 4 is 0 Å². The molecule has 31 heavy (non-hydrogen) atoms. The van der Waals surface area contributed by atoms with Gasteiger partial charge >= 0.3 is 6.01 Å². The third-order valence-electron chi connectivity index (χ3n) is 5.54. The lowest BCUT2D eigenvalue weighted by Gasteiger charge is -2.41. The first-order chi connectivity index (χ1) is 15.2. The number of hydrogen-bond donors (Lipinski definition) is 1. The Morgan fingerprint density at radius 1 is 1.00 bits per heavy atom. The lowest BCUT2D eigenvalue weighted by Crippen LogP contribution is -2.52. The molecule has 0 bridgehead atoms. The molecule has 3 heterocycles. The number of nitrogens with zero attached hydrogens (tertiary/aromatic N) is 5. The zero-order valence-corrected chi connectivity index (χ0v) is 17.9. The van der Waals surface area contributed by atoms with Crippen LogP contribution in [0.3, 0.4) is 0 Å². The highest BCUT2D eigenvalue weighted by molar-refractivity contribution is 5.29. The Hall–Kier alpha value is -2.87. The molecule has 1 fully saturated rings. The Kier molecular flexibility index (Phi) is 7.19. The van der Waals surface area contributed by atoms with Crippen LogP contribution in [0.5, 0.6) is 11.8 Å². The van der Waals surface area contributed by atoms with E-state index in [1.54, 1.807) is 18.5 Å². The molecule has 1 aliphatic rings. The molecule has 1 atom stereocenters. The summed E-state index contributed by atoms with van der Waals surface area (Å²) in [7, 11) is 0. The van der Waals surface area contributed by atoms with Crippen LogP contribution in [0.1, 0.15) is 23.4 Å². The van der Waals surface area contributed by atoms with Gasteiger partial charge in [-0.25, -0.2) is 9.97 Å². The molecule has 4 rings (SSSR count). The summed E-state index contributed by atoms with van der Waals surface area (Å²) in [6.07, 6.45) is 4.09. The van der Waals surface area contributed by atoms with E-state index in [0.717, 1.165) is 56.3 Å². The molecule has 1 aromatic carbocycles. The molecule has 7 heteroatoms. The van der Waals surface area contributed by atoms with Gasteiger partial charge in [0.1, 0.15) is 5.75 Å². The number of benzene rings is 1. The zero-order valence-electron chi connectivity index (χ0n) is 17.9. The predicted molar refractivity (Wildman–Crippen MR) is 119 cm³/mol. The van der Waals surface area contributed by atoms with Crippen molar-refractivity contribution in [2.45, 2.75) is 32.5 Å². The first-order valence-electron chi connectivity index (χ1n) is 10.7. The standard InChI is InChI=1S/C24H29N5O2/c1-19-4-2-5-21(27-19)17-29-14-13-28(18-22(29)10-15-30)16-20-6-8-23(9-7-20)31-24-25-11-3-12-26-24/h2-9,11-12,22,30H,10,13-18H2,1H3/t22-/m0/s1. The minimum absolute atomic E-state index is 0.198. The van der Waals surface area contributed by atoms with Gasteiger partial charge in [-0.05, 0) is 49.2 Å². The van der Waals surface area contributed by atoms with E-state index in [-0.39, 0.29) is 6.61 Å². The summed E-state index contributed by atoms with van der Waals surface area (Å²) in [5.74, 6) is 0.726. The lowest BCUT2D eigenvalue weighted by atomic mass is 10.1. The van der Waals surface area contributed by atoms with E-state index in [1.165, 1.54) is 5.56 Å². The highest BCUT2D eigenvalue weighted by Crippen LogP contribution is 2.21. The Morgan fingerprint density at radius 3 is 2.55 bits per heavy atom. The summed E-state index contributed by atoms with van der Waals surface area (Å²) in [6, 6.07) is 16.7. The first kappa shape index (κ1) is 21.4. The quantitative estimate of drug-likeness (QED) is 0.601. The van der Waals surface area contributed by atoms with Crippen molar-refractivity contribution in [1.29, 1.82) is 0 Å². The van der Waals surface area contributed by atoms with Crippen molar-refractivity contribution < 1.29 is 9.84 Å². The van der Waals surface area contributed by atoms with Crippen molar-refractivity contribution in [3.8, 4) is 11.8 Å². The van der Waals surface area contributed by atoms with E-state index in [1.807, 2.05) is 25.1 Å². The molecule has 0 saturated carbocycles. The highest BCUT2D eigenvalue weighted by Gasteiger charge is 2.27. The summed E-state index contributed by atoms with van der Waals surface area (Å²) in [5, 5.41) is 9.59. The third kappa shape index (κ3) is 6.07. The topological polar surface area (TPSA) is 74.6 Å². The van der Waals surface area contributed by atoms with Crippen molar-refractivity contribution in [2.24, 2.45) is 0 Å². The predicted octanol–water partition coefficient (Wildman–Crippen LogP) is 3.04. The van der Waals surface area contributed by atoms with Gasteiger partial charge in [0.2, 0.25) is 0 Å². The number of piperazine rings is 1. The number of aryl methyl sites for hydroxylation is 1. The SMILES string of the molecule is Cc1cccc(CN2CCN(Cc3ccc(Oc4ncccn4)cc3)C[C@@H]2CCO)n1. The maximum absolute atomic E-state index is 9.59. The smallest absolute Gasteiger partial charge is 0.321 e. The van der Waals surface area contributed by atoms with Crippen LogP contribution >= 0.6 is 0 Å². The molecule has 3 aromatic rings. The zero-order chi connectivity index (χ0) is 21.5. The minimum Gasteiger partial charge on any atom is -0.424 e. The molecule has 162 valence electrons. The van der Waals surface area contributed by atoms with Crippen molar-refractivity contribution in [1.82, 2.24) is 24.8 Å². The second-order valence-corrected chi connectivity index (χ2v) is 7.92. The summed E-state index contributed by atoms with van der Waals surface area (Å²) in [4.78, 5) is 17.7. The molecule has 1 saturated heterocycles. The lowest BCUT2D eigenvalue weighted by molar-refractivity contribution is 0.0491. The van der Waals surface area contributed by atoms with Crippen LogP contribution in [0, 0.1) is 6.92 Å². The molecular weight excluding hydrogens is 390 g/mol. The number of hydrogen-bond acceptors (Lipinski definition) is 7. The maximum atomic E-state index is 9.59. The largest absolute Gasteiger partial charge is 0.424 e. The molecular formula is C24H29N5O2. The normalized spacial score (nSPS) is 17.5. The van der Waals surface area contributed by atoms with Crippen LogP contribution in [0.2, 0.25) is 0 Å². The van der Waals surface area contributed by atoms with E-state index in [4.69, 9.17) is 4.74 Å². The third-order valence-corrected chi connectivity index (χ3v) is 5.54. The maximum Gasteiger partial charge on any atom is 0.321 e. The molecule has 2 aromatic heterocycles. The van der Waals surface area contributed by atoms with Gasteiger partial charge < -0.3 is 9.84 Å². The summed E-state index contributed by atoms with van der Waals surface area (Å²) >= 11 is 0. The number of aromatic nitrogens is 3. The van der Waals surface area contributed by atoms with E-state index in [9.17, 15) is 5.11 Å². The summed E-state index contributed by atoms with van der Waals surface area (Å²) < 4.78 is 5.68. The van der Waals surface area contributed by atoms with Crippen LogP contribution in [0.25, 0.3) is 0 Å². The molecule has 0 aliphatic carbocycles. The van der Waals surface area contributed by atoms with Gasteiger partial charge in [-0.3, -0.25) is 14.8 Å². The average molecular weight is 420 g/mol. The van der Waals surface area contributed by atoms with Crippen LogP contribution in [0.4, 0.5) is 0 Å². The fourth-order valence-electron chi connectivity index (χ4n) is 3.99. The molecule has 7 nitrogen and oxygen atoms in total. The highest BCUT2D eigenvalue weighted by atomic mass is 16.5. The fourth-order valence-corrected chi connectivity index (χ4v) is 3.99. The van der Waals surface area contributed by atoms with Crippen LogP contribution < -0.4 is 4.74 Å². The second kappa shape index (κ2) is 10.4. The Bertz CT molecular complexity index is 952. The van der Waals surface area contributed by atoms with E-state index < -0.39 is 0 Å². The minimum atomic E-state index is 0.198. The molecule has 0 radical (unpaired) electrons. The van der Waals surface area contributed by atoms with Gasteiger partial charge in [0.25, 0.3) is 0 Å². The van der Waals surface area contributed by atoms with E-state index >= 15 is 0 Å². The van der Waals surface area contributed by atoms with Gasteiger partial charge in [0, 0.05) is 63.5 Å². The number of aliphatic hydroxyl groups is 1. The van der Waals surface area contributed by atoms with Crippen LogP contribution in [0.15, 0.2) is 60.9 Å². The Balaban J connectivity index is 1.34. The van der Waals surface area contributed by atoms with E-state index in [2.05, 4.69) is 49.0 Å². The molecule has 1 N–H and O–H groups in total. The van der Waals surface area contributed by atoms with Gasteiger partial charge in [0.05, 0.1) is 5.69 Å². The van der Waals surface area contributed by atoms with Gasteiger partial charge in [-0.2, -0.15) is 0 Å². The average Bonchev–Trinajstić information content (AvgIpc) is 2.78. The van der Waals surface area contributed by atoms with Crippen molar-refractivity contribution in [2.75, 3.05) is 26.2 Å². The number of rotatable bonds is 8. The number of aliphatic hydroxyl groups excluding tert-OH is 1. The molecule has 0 unspecified atom stereocenters. The fraction of sp³-hybridized carbons (Fsp3) is 0.375. The number of pyridine rings is 1. The summed E-state index contributed by atoms with van der Waals surface area (Å²) in [6.45, 7) is 6.81. The van der Waals surface area contributed by atoms with Crippen molar-refractivity contribution in [3.63, 3.8) is 0 Å². The molecule has 0 spiro atoms. The number of ether oxygens (including phenoxy) is 1. The first-order valence-corrected chi connectivity index (χ1v) is 10.7. The Labute approximate surface area is 183 Å². The van der Waals surface area contributed by atoms with Crippen molar-refractivity contribution in [3.05, 3.63) is 77.9 Å². The van der Waals surface area contributed by atoms with Crippen LogP contribution in [-0.2, 0) is 13.1 Å². The monoisotopic (exact) mass is 419 g/mol. The van der Waals surface area contributed by atoms with E-state index in [0.29, 0.717) is 12.1 Å². The van der Waals surface area contributed by atoms with Crippen LogP contribution in [-0.4, -0.2) is 62.1 Å². The second-order valence-electron chi connectivity index (χ2n) is 7.92.